The highest BCUT2D eigenvalue weighted by Gasteiger charge is 2.44. The van der Waals surface area contributed by atoms with Gasteiger partial charge >= 0.3 is 0 Å². The lowest BCUT2D eigenvalue weighted by atomic mass is 9.66. The zero-order valence-electron chi connectivity index (χ0n) is 14.9. The van der Waals surface area contributed by atoms with Crippen LogP contribution in [0.25, 0.3) is 0 Å². The second-order valence-electron chi connectivity index (χ2n) is 6.08. The maximum absolute atomic E-state index is 13.3. The Kier molecular flexibility index (Phi) is 5.18. The van der Waals surface area contributed by atoms with Gasteiger partial charge in [0, 0.05) is 10.0 Å². The van der Waals surface area contributed by atoms with E-state index >= 15 is 0 Å². The minimum atomic E-state index is -1.03. The van der Waals surface area contributed by atoms with E-state index in [2.05, 4.69) is 26.1 Å². The first-order chi connectivity index (χ1) is 12.5. The molecule has 0 bridgehead atoms. The quantitative estimate of drug-likeness (QED) is 0.621. The van der Waals surface area contributed by atoms with Gasteiger partial charge in [-0.1, -0.05) is 52.3 Å². The Bertz CT molecular complexity index is 941. The Labute approximate surface area is 161 Å². The SMILES string of the molecule is COc1nnccc1[C@](C(C)=O)(c1ccc(Br)cc1)c1ccccc1C. The molecule has 0 spiro atoms. The van der Waals surface area contributed by atoms with Crippen molar-refractivity contribution in [2.45, 2.75) is 19.3 Å². The highest BCUT2D eigenvalue weighted by atomic mass is 79.9. The highest BCUT2D eigenvalue weighted by Crippen LogP contribution is 2.44. The zero-order valence-corrected chi connectivity index (χ0v) is 16.4. The van der Waals surface area contributed by atoms with Crippen LogP contribution in [-0.4, -0.2) is 23.1 Å². The van der Waals surface area contributed by atoms with Gasteiger partial charge < -0.3 is 4.74 Å². The minimum absolute atomic E-state index is 0.0135. The summed E-state index contributed by atoms with van der Waals surface area (Å²) in [5.41, 5.74) is 2.42. The first-order valence-corrected chi connectivity index (χ1v) is 9.00. The van der Waals surface area contributed by atoms with Gasteiger partial charge in [0.15, 0.2) is 0 Å². The third-order valence-electron chi connectivity index (χ3n) is 4.64. The van der Waals surface area contributed by atoms with E-state index in [0.717, 1.165) is 21.2 Å². The van der Waals surface area contributed by atoms with E-state index in [1.54, 1.807) is 13.1 Å². The predicted molar refractivity (Wildman–Crippen MR) is 104 cm³/mol. The molecule has 2 aromatic carbocycles. The number of hydrogen-bond acceptors (Lipinski definition) is 4. The summed E-state index contributed by atoms with van der Waals surface area (Å²) in [5.74, 6) is 0.328. The number of ether oxygens (including phenoxy) is 1. The molecule has 0 aliphatic rings. The van der Waals surface area contributed by atoms with E-state index in [1.807, 2.05) is 61.5 Å². The van der Waals surface area contributed by atoms with Crippen molar-refractivity contribution in [3.63, 3.8) is 0 Å². The number of aromatic nitrogens is 2. The number of hydrogen-bond donors (Lipinski definition) is 0. The number of methoxy groups -OCH3 is 1. The van der Waals surface area contributed by atoms with Gasteiger partial charge in [-0.2, -0.15) is 5.10 Å². The first-order valence-electron chi connectivity index (χ1n) is 8.21. The number of ketones is 1. The molecule has 4 nitrogen and oxygen atoms in total. The van der Waals surface area contributed by atoms with E-state index in [4.69, 9.17) is 4.74 Å². The number of aryl methyl sites for hydroxylation is 1. The average Bonchev–Trinajstić information content (AvgIpc) is 2.65. The molecule has 0 saturated heterocycles. The third kappa shape index (κ3) is 2.92. The summed E-state index contributed by atoms with van der Waals surface area (Å²) in [4.78, 5) is 13.3. The molecule has 0 N–H and O–H groups in total. The number of rotatable bonds is 5. The van der Waals surface area contributed by atoms with Gasteiger partial charge in [-0.15, -0.1) is 5.10 Å². The van der Waals surface area contributed by atoms with Crippen molar-refractivity contribution in [2.75, 3.05) is 7.11 Å². The summed E-state index contributed by atoms with van der Waals surface area (Å²) < 4.78 is 6.42. The fourth-order valence-electron chi connectivity index (χ4n) is 3.49. The molecule has 0 fully saturated rings. The lowest BCUT2D eigenvalue weighted by Crippen LogP contribution is -2.38. The molecule has 0 amide bonds. The highest BCUT2D eigenvalue weighted by molar-refractivity contribution is 9.10. The van der Waals surface area contributed by atoms with Gasteiger partial charge in [-0.05, 0) is 48.7 Å². The Morgan fingerprint density at radius 1 is 1.04 bits per heavy atom. The Balaban J connectivity index is 2.47. The zero-order chi connectivity index (χ0) is 18.7. The van der Waals surface area contributed by atoms with Crippen LogP contribution in [0.2, 0.25) is 0 Å². The summed E-state index contributed by atoms with van der Waals surface area (Å²) in [7, 11) is 1.54. The summed E-state index contributed by atoms with van der Waals surface area (Å²) in [6.07, 6.45) is 1.59. The topological polar surface area (TPSA) is 52.1 Å². The average molecular weight is 411 g/mol. The third-order valence-corrected chi connectivity index (χ3v) is 5.17. The van der Waals surface area contributed by atoms with Gasteiger partial charge in [0.2, 0.25) is 5.88 Å². The maximum Gasteiger partial charge on any atom is 0.238 e. The van der Waals surface area contributed by atoms with Crippen molar-refractivity contribution >= 4 is 21.7 Å². The fourth-order valence-corrected chi connectivity index (χ4v) is 3.75. The Morgan fingerprint density at radius 3 is 2.35 bits per heavy atom. The van der Waals surface area contributed by atoms with Crippen molar-refractivity contribution in [3.8, 4) is 5.88 Å². The minimum Gasteiger partial charge on any atom is -0.480 e. The summed E-state index contributed by atoms with van der Waals surface area (Å²) >= 11 is 3.47. The fraction of sp³-hybridized carbons (Fsp3) is 0.190. The van der Waals surface area contributed by atoms with Gasteiger partial charge in [-0.3, -0.25) is 4.79 Å². The number of halogens is 1. The van der Waals surface area contributed by atoms with Crippen molar-refractivity contribution in [3.05, 3.63) is 87.5 Å². The van der Waals surface area contributed by atoms with Gasteiger partial charge in [0.05, 0.1) is 13.3 Å². The molecular weight excluding hydrogens is 392 g/mol. The van der Waals surface area contributed by atoms with E-state index in [-0.39, 0.29) is 5.78 Å². The number of carbonyl (C=O) groups excluding carboxylic acids is 1. The lowest BCUT2D eigenvalue weighted by Gasteiger charge is -2.34. The van der Waals surface area contributed by atoms with E-state index < -0.39 is 5.41 Å². The smallest absolute Gasteiger partial charge is 0.238 e. The molecule has 1 atom stereocenters. The maximum atomic E-state index is 13.3. The number of benzene rings is 2. The van der Waals surface area contributed by atoms with E-state index in [0.29, 0.717) is 11.4 Å². The largest absolute Gasteiger partial charge is 0.480 e. The summed E-state index contributed by atoms with van der Waals surface area (Å²) in [6.45, 7) is 3.61. The molecule has 1 aromatic heterocycles. The van der Waals surface area contributed by atoms with Crippen LogP contribution in [0.3, 0.4) is 0 Å². The second kappa shape index (κ2) is 7.38. The standard InChI is InChI=1S/C21H19BrN2O2/c1-14-6-4-5-7-18(14)21(15(2)25,16-8-10-17(22)11-9-16)19-12-13-23-24-20(19)26-3/h4-13H,1-3H3/t21-/m1/s1. The van der Waals surface area contributed by atoms with Crippen LogP contribution in [0, 0.1) is 6.92 Å². The molecule has 0 aliphatic heterocycles. The van der Waals surface area contributed by atoms with Crippen LogP contribution in [0.15, 0.2) is 65.3 Å². The van der Waals surface area contributed by atoms with E-state index in [1.165, 1.54) is 7.11 Å². The van der Waals surface area contributed by atoms with Crippen LogP contribution >= 0.6 is 15.9 Å². The van der Waals surface area contributed by atoms with E-state index in [9.17, 15) is 4.79 Å². The number of nitrogens with zero attached hydrogens (tertiary/aromatic N) is 2. The van der Waals surface area contributed by atoms with Crippen LogP contribution in [-0.2, 0) is 10.2 Å². The first kappa shape index (κ1) is 18.3. The predicted octanol–water partition coefficient (Wildman–Crippen LogP) is 4.48. The molecule has 0 unspecified atom stereocenters. The van der Waals surface area contributed by atoms with Crippen molar-refractivity contribution in [1.29, 1.82) is 0 Å². The molecule has 0 radical (unpaired) electrons. The van der Waals surface area contributed by atoms with Gasteiger partial charge in [-0.25, -0.2) is 0 Å². The monoisotopic (exact) mass is 410 g/mol. The second-order valence-corrected chi connectivity index (χ2v) is 7.00. The molecule has 3 aromatic rings. The van der Waals surface area contributed by atoms with Gasteiger partial charge in [0.1, 0.15) is 11.2 Å². The molecular formula is C21H19BrN2O2. The molecule has 26 heavy (non-hydrogen) atoms. The van der Waals surface area contributed by atoms with Crippen LogP contribution in [0.5, 0.6) is 5.88 Å². The number of Topliss-reactive ketones (excluding diaryl/α,β-unsaturated/α-hetero) is 1. The van der Waals surface area contributed by atoms with Crippen LogP contribution in [0.1, 0.15) is 29.2 Å². The molecule has 3 rings (SSSR count). The normalized spacial score (nSPS) is 13.1. The number of carbonyl (C=O) groups is 1. The lowest BCUT2D eigenvalue weighted by molar-refractivity contribution is -0.120. The Morgan fingerprint density at radius 2 is 1.73 bits per heavy atom. The molecule has 1 heterocycles. The Hall–Kier alpha value is -2.53. The summed E-state index contributed by atoms with van der Waals surface area (Å²) in [6, 6.07) is 17.5. The van der Waals surface area contributed by atoms with Crippen LogP contribution < -0.4 is 4.74 Å². The molecule has 0 saturated carbocycles. The summed E-state index contributed by atoms with van der Waals surface area (Å²) in [5, 5.41) is 8.03. The van der Waals surface area contributed by atoms with Crippen molar-refractivity contribution in [2.24, 2.45) is 0 Å². The molecule has 5 heteroatoms. The van der Waals surface area contributed by atoms with Gasteiger partial charge in [0.25, 0.3) is 0 Å². The van der Waals surface area contributed by atoms with Crippen LogP contribution in [0.4, 0.5) is 0 Å². The van der Waals surface area contributed by atoms with Crippen molar-refractivity contribution < 1.29 is 9.53 Å². The molecule has 132 valence electrons. The molecule has 0 aliphatic carbocycles. The van der Waals surface area contributed by atoms with Crippen molar-refractivity contribution in [1.82, 2.24) is 10.2 Å².